The molecule has 0 fully saturated rings. The number of likely N-dealkylation sites (N-methyl/N-ethyl adjacent to an activating group) is 3. The molecule has 25 heavy (non-hydrogen) atoms. The van der Waals surface area contributed by atoms with Crippen LogP contribution in [-0.4, -0.2) is 109 Å². The Morgan fingerprint density at radius 2 is 1.32 bits per heavy atom. The topological polar surface area (TPSA) is 68.3 Å². The molecule has 7 nitrogen and oxygen atoms in total. The van der Waals surface area contributed by atoms with Gasteiger partial charge in [0.2, 0.25) is 0 Å². The van der Waals surface area contributed by atoms with E-state index in [0.29, 0.717) is 26.4 Å². The van der Waals surface area contributed by atoms with Crippen LogP contribution in [0, 0.1) is 5.41 Å². The van der Waals surface area contributed by atoms with Crippen molar-refractivity contribution in [3.05, 3.63) is 0 Å². The molecule has 0 saturated heterocycles. The minimum absolute atomic E-state index is 0. The van der Waals surface area contributed by atoms with Crippen LogP contribution < -0.4 is 34.7 Å². The number of carbonyl (C=O) groups excluding carboxylic acids is 1. The van der Waals surface area contributed by atoms with Gasteiger partial charge in [-0.25, -0.2) is 0 Å². The maximum Gasteiger partial charge on any atom is 1.00 e. The van der Waals surface area contributed by atoms with Crippen molar-refractivity contribution in [1.82, 2.24) is 14.7 Å². The average Bonchev–Trinajstić information content (AvgIpc) is 2.43. The van der Waals surface area contributed by atoms with E-state index >= 15 is 0 Å². The molecule has 0 heterocycles. The molecule has 0 aliphatic rings. The molecule has 0 amide bonds. The van der Waals surface area contributed by atoms with Crippen LogP contribution in [0.1, 0.15) is 13.8 Å². The minimum Gasteiger partial charge on any atom is -0.854 e. The van der Waals surface area contributed by atoms with Gasteiger partial charge in [0, 0.05) is 13.1 Å². The Morgan fingerprint density at radius 3 is 1.68 bits per heavy atom. The fourth-order valence-corrected chi connectivity index (χ4v) is 1.33. The second-order valence-corrected chi connectivity index (χ2v) is 7.19. The second kappa shape index (κ2) is 17.7. The van der Waals surface area contributed by atoms with E-state index in [0.717, 1.165) is 13.1 Å². The Kier molecular flexibility index (Phi) is 21.2. The molecule has 146 valence electrons. The summed E-state index contributed by atoms with van der Waals surface area (Å²) in [7, 11) is 11.6. The summed E-state index contributed by atoms with van der Waals surface area (Å²) in [6.45, 7) is 7.39. The number of ether oxygens (including phenoxy) is 2. The number of hydrogen-bond acceptors (Lipinski definition) is 7. The summed E-state index contributed by atoms with van der Waals surface area (Å²) < 4.78 is 10.7. The molecule has 0 aromatic heterocycles. The summed E-state index contributed by atoms with van der Waals surface area (Å²) in [6, 6.07) is 0. The summed E-state index contributed by atoms with van der Waals surface area (Å²) in [5.41, 5.74) is -0.585. The van der Waals surface area contributed by atoms with Crippen molar-refractivity contribution in [2.75, 3.05) is 88.3 Å². The van der Waals surface area contributed by atoms with Crippen molar-refractivity contribution in [1.29, 1.82) is 0 Å². The zero-order valence-electron chi connectivity index (χ0n) is 17.9. The Hall–Kier alpha value is 0.270. The van der Waals surface area contributed by atoms with E-state index in [1.165, 1.54) is 0 Å². The third-order valence-corrected chi connectivity index (χ3v) is 3.01. The van der Waals surface area contributed by atoms with Crippen LogP contribution in [0.3, 0.4) is 0 Å². The van der Waals surface area contributed by atoms with Gasteiger partial charge in [-0.05, 0) is 62.7 Å². The molecule has 0 aromatic rings. The molecule has 0 atom stereocenters. The number of carbonyl (C=O) groups is 1. The predicted molar refractivity (Wildman–Crippen MR) is 96.1 cm³/mol. The minimum atomic E-state index is -0.585. The molecule has 0 aromatic carbocycles. The van der Waals surface area contributed by atoms with Gasteiger partial charge in [-0.1, -0.05) is 0 Å². The largest absolute Gasteiger partial charge is 1.00 e. The van der Waals surface area contributed by atoms with E-state index in [4.69, 9.17) is 9.47 Å². The monoisotopic (exact) mass is 371 g/mol. The summed E-state index contributed by atoms with van der Waals surface area (Å²) >= 11 is 0. The van der Waals surface area contributed by atoms with E-state index in [-0.39, 0.29) is 42.1 Å². The summed E-state index contributed by atoms with van der Waals surface area (Å²) in [4.78, 5) is 17.7. The third-order valence-electron chi connectivity index (χ3n) is 3.01. The van der Waals surface area contributed by atoms with Crippen molar-refractivity contribution < 1.29 is 48.9 Å². The smallest absolute Gasteiger partial charge is 0.854 e. The fourth-order valence-electron chi connectivity index (χ4n) is 1.33. The van der Waals surface area contributed by atoms with Gasteiger partial charge in [0.25, 0.3) is 0 Å². The Morgan fingerprint density at radius 1 is 0.880 bits per heavy atom. The van der Waals surface area contributed by atoms with Crippen LogP contribution in [0.4, 0.5) is 0 Å². The van der Waals surface area contributed by atoms with Crippen molar-refractivity contribution >= 4 is 5.97 Å². The maximum absolute atomic E-state index is 11.8. The number of nitrogens with zero attached hydrogens (tertiary/aromatic N) is 3. The van der Waals surface area contributed by atoms with Crippen LogP contribution in [0.15, 0.2) is 0 Å². The second-order valence-electron chi connectivity index (χ2n) is 7.19. The van der Waals surface area contributed by atoms with E-state index < -0.39 is 5.41 Å². The normalized spacial score (nSPS) is 11.2. The van der Waals surface area contributed by atoms with Crippen molar-refractivity contribution in [3.63, 3.8) is 0 Å². The van der Waals surface area contributed by atoms with E-state index in [1.807, 2.05) is 70.8 Å². The molecule has 0 aliphatic carbocycles. The SMILES string of the molecule is CN(C)CCOCC(C)(C)C(=O)OCCN(C)C.CN(C)CC[O-].[Na+]. The molecule has 0 radical (unpaired) electrons. The van der Waals surface area contributed by atoms with Gasteiger partial charge in [0.05, 0.1) is 18.6 Å². The zero-order valence-corrected chi connectivity index (χ0v) is 19.9. The summed E-state index contributed by atoms with van der Waals surface area (Å²) in [5, 5.41) is 9.70. The molecule has 0 unspecified atom stereocenters. The van der Waals surface area contributed by atoms with Gasteiger partial charge in [-0.3, -0.25) is 4.79 Å². The molecule has 0 N–H and O–H groups in total. The van der Waals surface area contributed by atoms with E-state index in [1.54, 1.807) is 0 Å². The third kappa shape index (κ3) is 22.2. The molecule has 0 aliphatic heterocycles. The van der Waals surface area contributed by atoms with Gasteiger partial charge in [-0.2, -0.15) is 0 Å². The van der Waals surface area contributed by atoms with E-state index in [9.17, 15) is 9.90 Å². The predicted octanol–water partition coefficient (Wildman–Crippen LogP) is -3.39. The Balaban J connectivity index is -0.000000592. The van der Waals surface area contributed by atoms with E-state index in [2.05, 4.69) is 0 Å². The first-order valence-electron chi connectivity index (χ1n) is 8.30. The van der Waals surface area contributed by atoms with Gasteiger partial charge < -0.3 is 29.3 Å². The molecule has 0 rings (SSSR count). The molecule has 0 saturated carbocycles. The fraction of sp³-hybridized carbons (Fsp3) is 0.941. The van der Waals surface area contributed by atoms with Crippen LogP contribution in [0.25, 0.3) is 0 Å². The van der Waals surface area contributed by atoms with Crippen molar-refractivity contribution in [2.45, 2.75) is 13.8 Å². The molecule has 8 heteroatoms. The Bertz CT molecular complexity index is 314. The first kappa shape index (κ1) is 30.0. The van der Waals surface area contributed by atoms with Gasteiger partial charge in [-0.15, -0.1) is 6.61 Å². The quantitative estimate of drug-likeness (QED) is 0.213. The number of hydrogen-bond donors (Lipinski definition) is 0. The Labute approximate surface area is 176 Å². The molecular weight excluding hydrogens is 333 g/mol. The first-order chi connectivity index (χ1) is 11.0. The van der Waals surface area contributed by atoms with Crippen LogP contribution >= 0.6 is 0 Å². The van der Waals surface area contributed by atoms with Gasteiger partial charge in [0.1, 0.15) is 6.61 Å². The van der Waals surface area contributed by atoms with Crippen molar-refractivity contribution in [2.24, 2.45) is 5.41 Å². The maximum atomic E-state index is 11.8. The van der Waals surface area contributed by atoms with Crippen molar-refractivity contribution in [3.8, 4) is 0 Å². The first-order valence-corrected chi connectivity index (χ1v) is 8.30. The molecule has 0 spiro atoms. The molecular formula is C17H38N3NaO4. The zero-order chi connectivity index (χ0) is 19.2. The summed E-state index contributed by atoms with van der Waals surface area (Å²) in [6.07, 6.45) is 0. The number of esters is 1. The standard InChI is InChI=1S/C13H28N2O3.C4H10NO.Na/c1-13(2,11-17-9-7-14(3)4)12(16)18-10-8-15(5)6;1-5(2)3-4-6;/h7-11H2,1-6H3;3-4H2,1-2H3;/q;-1;+1. The van der Waals surface area contributed by atoms with Crippen LogP contribution in [-0.2, 0) is 14.3 Å². The summed E-state index contributed by atoms with van der Waals surface area (Å²) in [5.74, 6) is -0.200. The average molecular weight is 371 g/mol. The van der Waals surface area contributed by atoms with Gasteiger partial charge >= 0.3 is 35.5 Å². The number of rotatable bonds is 11. The van der Waals surface area contributed by atoms with Gasteiger partial charge in [0.15, 0.2) is 0 Å². The van der Waals surface area contributed by atoms with Crippen LogP contribution in [0.2, 0.25) is 0 Å². The molecule has 0 bridgehead atoms. The van der Waals surface area contributed by atoms with Crippen LogP contribution in [0.5, 0.6) is 0 Å².